The molecule has 0 fully saturated rings. The van der Waals surface area contributed by atoms with Gasteiger partial charge >= 0.3 is 6.03 Å². The van der Waals surface area contributed by atoms with Gasteiger partial charge in [-0.2, -0.15) is 0 Å². The molecule has 0 unspecified atom stereocenters. The largest absolute Gasteiger partial charge is 0.485 e. The highest BCUT2D eigenvalue weighted by molar-refractivity contribution is 9.10. The summed E-state index contributed by atoms with van der Waals surface area (Å²) < 4.78 is 5.87. The second-order valence-electron chi connectivity index (χ2n) is 4.02. The van der Waals surface area contributed by atoms with Crippen LogP contribution in [-0.4, -0.2) is 18.9 Å². The number of urea groups is 1. The second-order valence-corrected chi connectivity index (χ2v) is 4.87. The van der Waals surface area contributed by atoms with Gasteiger partial charge in [-0.1, -0.05) is 12.1 Å². The fraction of sp³-hybridized carbons (Fsp3) is 0.0667. The van der Waals surface area contributed by atoms with E-state index in [1.165, 1.54) is 0 Å². The van der Waals surface area contributed by atoms with E-state index in [4.69, 9.17) is 4.74 Å². The number of anilines is 2. The van der Waals surface area contributed by atoms with Crippen molar-refractivity contribution in [2.45, 2.75) is 0 Å². The molecule has 2 N–H and O–H groups in total. The monoisotopic (exact) mass is 347 g/mol. The van der Waals surface area contributed by atoms with Gasteiger partial charge in [0, 0.05) is 10.2 Å². The van der Waals surface area contributed by atoms with Crippen molar-refractivity contribution in [2.24, 2.45) is 0 Å². The van der Waals surface area contributed by atoms with Crippen molar-refractivity contribution >= 4 is 39.6 Å². The smallest absolute Gasteiger partial charge is 0.323 e. The summed E-state index contributed by atoms with van der Waals surface area (Å²) in [6.07, 6.45) is 1.64. The second kappa shape index (κ2) is 7.44. The molecule has 5 nitrogen and oxygen atoms in total. The van der Waals surface area contributed by atoms with Gasteiger partial charge in [-0.15, -0.1) is 0 Å². The van der Waals surface area contributed by atoms with Crippen molar-refractivity contribution < 1.29 is 14.3 Å². The summed E-state index contributed by atoms with van der Waals surface area (Å²) in [7, 11) is 0. The molecule has 0 spiro atoms. The first kappa shape index (κ1) is 15.1. The van der Waals surface area contributed by atoms with E-state index in [0.717, 1.165) is 4.47 Å². The number of carbonyl (C=O) groups is 1. The summed E-state index contributed by atoms with van der Waals surface area (Å²) in [5.41, 5.74) is 1.29. The average Bonchev–Trinajstić information content (AvgIpc) is 2.49. The minimum Gasteiger partial charge on any atom is -0.485 e. The molecular weight excluding hydrogens is 336 g/mol. The summed E-state index contributed by atoms with van der Waals surface area (Å²) in [4.78, 5) is 21.9. The third-order valence-corrected chi connectivity index (χ3v) is 3.22. The number of hydrogen-bond donors (Lipinski definition) is 2. The lowest BCUT2D eigenvalue weighted by Crippen LogP contribution is -2.19. The summed E-state index contributed by atoms with van der Waals surface area (Å²) >= 11 is 3.35. The third kappa shape index (κ3) is 4.61. The molecular formula is C15H12BrN2O3. The lowest BCUT2D eigenvalue weighted by molar-refractivity contribution is 0.262. The van der Waals surface area contributed by atoms with Crippen LogP contribution in [0.1, 0.15) is 0 Å². The van der Waals surface area contributed by atoms with Crippen molar-refractivity contribution in [3.63, 3.8) is 0 Å². The predicted octanol–water partition coefficient (Wildman–Crippen LogP) is 3.58. The maximum atomic E-state index is 11.9. The molecule has 2 aromatic rings. The van der Waals surface area contributed by atoms with Crippen LogP contribution in [0.15, 0.2) is 53.0 Å². The number of benzene rings is 2. The molecule has 0 saturated carbocycles. The third-order valence-electron chi connectivity index (χ3n) is 2.53. The Labute approximate surface area is 130 Å². The van der Waals surface area contributed by atoms with Crippen molar-refractivity contribution in [1.29, 1.82) is 0 Å². The molecule has 21 heavy (non-hydrogen) atoms. The van der Waals surface area contributed by atoms with Crippen LogP contribution in [0.5, 0.6) is 5.75 Å². The Morgan fingerprint density at radius 1 is 1.10 bits per heavy atom. The van der Waals surface area contributed by atoms with E-state index in [1.807, 2.05) is 18.2 Å². The number of halogens is 1. The Hall–Kier alpha value is -2.34. The molecule has 0 atom stereocenters. The molecule has 2 aromatic carbocycles. The van der Waals surface area contributed by atoms with E-state index in [2.05, 4.69) is 26.6 Å². The molecule has 0 aromatic heterocycles. The zero-order valence-corrected chi connectivity index (χ0v) is 12.5. The minimum atomic E-state index is -0.350. The van der Waals surface area contributed by atoms with E-state index in [1.54, 1.807) is 36.6 Å². The van der Waals surface area contributed by atoms with E-state index >= 15 is 0 Å². The fourth-order valence-corrected chi connectivity index (χ4v) is 1.98. The first-order valence-electron chi connectivity index (χ1n) is 6.09. The van der Waals surface area contributed by atoms with Gasteiger partial charge in [0.1, 0.15) is 5.75 Å². The highest BCUT2D eigenvalue weighted by Crippen LogP contribution is 2.21. The van der Waals surface area contributed by atoms with Gasteiger partial charge in [0.05, 0.1) is 5.69 Å². The summed E-state index contributed by atoms with van der Waals surface area (Å²) in [5, 5.41) is 5.43. The zero-order valence-electron chi connectivity index (χ0n) is 10.9. The first-order valence-corrected chi connectivity index (χ1v) is 6.89. The number of nitrogens with one attached hydrogen (secondary N) is 2. The molecule has 0 heterocycles. The highest BCUT2D eigenvalue weighted by Gasteiger charge is 2.05. The molecule has 107 valence electrons. The summed E-state index contributed by atoms with van der Waals surface area (Å²) in [6.45, 7) is -0.116. The van der Waals surface area contributed by atoms with Gasteiger partial charge in [-0.05, 0) is 52.3 Å². The van der Waals surface area contributed by atoms with Gasteiger partial charge in [0.15, 0.2) is 6.61 Å². The maximum absolute atomic E-state index is 11.9. The van der Waals surface area contributed by atoms with Gasteiger partial charge < -0.3 is 15.4 Å². The van der Waals surface area contributed by atoms with E-state index in [0.29, 0.717) is 17.1 Å². The molecule has 6 heteroatoms. The Morgan fingerprint density at radius 2 is 1.81 bits per heavy atom. The van der Waals surface area contributed by atoms with Crippen LogP contribution >= 0.6 is 15.9 Å². The lowest BCUT2D eigenvalue weighted by atomic mass is 10.3. The van der Waals surface area contributed by atoms with Crippen LogP contribution in [0.2, 0.25) is 0 Å². The Morgan fingerprint density at radius 3 is 2.48 bits per heavy atom. The van der Waals surface area contributed by atoms with Crippen molar-refractivity contribution in [3.05, 3.63) is 53.0 Å². The van der Waals surface area contributed by atoms with Crippen LogP contribution in [0.4, 0.5) is 16.2 Å². The van der Waals surface area contributed by atoms with Gasteiger partial charge in [-0.25, -0.2) is 4.79 Å². The van der Waals surface area contributed by atoms with Crippen LogP contribution in [0.3, 0.4) is 0 Å². The average molecular weight is 348 g/mol. The molecule has 0 aliphatic heterocycles. The number of carbonyl (C=O) groups excluding carboxylic acids is 2. The molecule has 0 aliphatic carbocycles. The zero-order chi connectivity index (χ0) is 15.1. The molecule has 0 saturated heterocycles. The minimum absolute atomic E-state index is 0.116. The Kier molecular flexibility index (Phi) is 5.34. The van der Waals surface area contributed by atoms with Crippen molar-refractivity contribution in [2.75, 3.05) is 17.2 Å². The van der Waals surface area contributed by atoms with Crippen LogP contribution in [0, 0.1) is 0 Å². The normalized spacial score (nSPS) is 9.76. The quantitative estimate of drug-likeness (QED) is 0.868. The number of hydrogen-bond acceptors (Lipinski definition) is 3. The van der Waals surface area contributed by atoms with Crippen LogP contribution in [-0.2, 0) is 4.79 Å². The van der Waals surface area contributed by atoms with Gasteiger partial charge in [-0.3, -0.25) is 4.79 Å². The highest BCUT2D eigenvalue weighted by atomic mass is 79.9. The van der Waals surface area contributed by atoms with Crippen molar-refractivity contribution in [1.82, 2.24) is 0 Å². The number of rotatable bonds is 5. The Bertz CT molecular complexity index is 629. The van der Waals surface area contributed by atoms with E-state index < -0.39 is 0 Å². The number of para-hydroxylation sites is 1. The van der Waals surface area contributed by atoms with Crippen molar-refractivity contribution in [3.8, 4) is 5.75 Å². The lowest BCUT2D eigenvalue weighted by Gasteiger charge is -2.09. The number of amides is 2. The molecule has 0 bridgehead atoms. The predicted molar refractivity (Wildman–Crippen MR) is 84.4 cm³/mol. The topological polar surface area (TPSA) is 67.4 Å². The van der Waals surface area contributed by atoms with E-state index in [-0.39, 0.29) is 12.6 Å². The molecule has 2 rings (SSSR count). The van der Waals surface area contributed by atoms with Gasteiger partial charge in [0.25, 0.3) is 0 Å². The summed E-state index contributed by atoms with van der Waals surface area (Å²) in [5.74, 6) is 0.537. The van der Waals surface area contributed by atoms with Crippen LogP contribution < -0.4 is 15.4 Å². The molecule has 0 aliphatic rings. The first-order chi connectivity index (χ1) is 10.2. The Balaban J connectivity index is 1.93. The SMILES string of the molecule is O=[C]COc1ccc(NC(=O)Nc2ccccc2Br)cc1. The molecule has 1 radical (unpaired) electrons. The molecule has 2 amide bonds. The van der Waals surface area contributed by atoms with E-state index in [9.17, 15) is 9.59 Å². The van der Waals surface area contributed by atoms with Gasteiger partial charge in [0.2, 0.25) is 6.29 Å². The van der Waals surface area contributed by atoms with Crippen LogP contribution in [0.25, 0.3) is 0 Å². The fourth-order valence-electron chi connectivity index (χ4n) is 1.59. The summed E-state index contributed by atoms with van der Waals surface area (Å²) in [6, 6.07) is 13.6. The maximum Gasteiger partial charge on any atom is 0.323 e. The standard InChI is InChI=1S/C15H12BrN2O3/c16-13-3-1-2-4-14(13)18-15(20)17-11-5-7-12(8-6-11)21-10-9-19/h1-8H,10H2,(H2,17,18,20). The number of ether oxygens (including phenoxy) is 1.